The molecule has 112 valence electrons. The van der Waals surface area contributed by atoms with E-state index in [1.54, 1.807) is 0 Å². The third kappa shape index (κ3) is 3.11. The van der Waals surface area contributed by atoms with E-state index in [1.165, 1.54) is 10.6 Å². The van der Waals surface area contributed by atoms with Crippen LogP contribution >= 0.6 is 0 Å². The molecule has 0 bridgehead atoms. The molecule has 1 aromatic heterocycles. The Kier molecular flexibility index (Phi) is 3.73. The Morgan fingerprint density at radius 2 is 1.38 bits per heavy atom. The summed E-state index contributed by atoms with van der Waals surface area (Å²) in [4.78, 5) is 2.22. The van der Waals surface area contributed by atoms with Gasteiger partial charge in [0.2, 0.25) is 10.0 Å². The maximum absolute atomic E-state index is 11.5. The highest BCUT2D eigenvalue weighted by Crippen LogP contribution is 2.19. The fourth-order valence-corrected chi connectivity index (χ4v) is 3.45. The molecule has 1 aliphatic rings. The van der Waals surface area contributed by atoms with Crippen molar-refractivity contribution in [1.82, 2.24) is 8.87 Å². The molecule has 2 heterocycles. The number of piperazine rings is 1. The zero-order valence-corrected chi connectivity index (χ0v) is 12.8. The van der Waals surface area contributed by atoms with Crippen molar-refractivity contribution in [3.63, 3.8) is 0 Å². The molecule has 1 fully saturated rings. The molecule has 0 unspecified atom stereocenters. The number of aromatic nitrogens is 1. The molecule has 1 aliphatic heterocycles. The fourth-order valence-electron chi connectivity index (χ4n) is 2.62. The lowest BCUT2D eigenvalue weighted by Crippen LogP contribution is -2.48. The lowest BCUT2D eigenvalue weighted by atomic mass is 10.2. The predicted octanol–water partition coefficient (Wildman–Crippen LogP) is 1.56. The van der Waals surface area contributed by atoms with Gasteiger partial charge in [0.05, 0.1) is 6.26 Å². The monoisotopic (exact) mass is 305 g/mol. The molecule has 0 amide bonds. The Balaban J connectivity index is 1.69. The van der Waals surface area contributed by atoms with Crippen molar-refractivity contribution in [3.8, 4) is 5.69 Å². The van der Waals surface area contributed by atoms with Crippen LogP contribution in [0.1, 0.15) is 0 Å². The molecule has 0 spiro atoms. The summed E-state index contributed by atoms with van der Waals surface area (Å²) in [6, 6.07) is 12.3. The van der Waals surface area contributed by atoms with Crippen molar-refractivity contribution in [2.45, 2.75) is 0 Å². The van der Waals surface area contributed by atoms with Crippen LogP contribution in [0.2, 0.25) is 0 Å². The number of hydrogen-bond donors (Lipinski definition) is 0. The molecular formula is C15H19N3O2S. The molecule has 21 heavy (non-hydrogen) atoms. The number of sulfonamides is 1. The smallest absolute Gasteiger partial charge is 0.211 e. The molecule has 6 heteroatoms. The van der Waals surface area contributed by atoms with Crippen LogP contribution in [0.15, 0.2) is 48.8 Å². The first-order chi connectivity index (χ1) is 10.0. The molecule has 3 rings (SSSR count). The van der Waals surface area contributed by atoms with Gasteiger partial charge in [-0.3, -0.25) is 0 Å². The topological polar surface area (TPSA) is 45.6 Å². The zero-order chi connectivity index (χ0) is 14.9. The number of nitrogens with zero attached hydrogens (tertiary/aromatic N) is 3. The van der Waals surface area contributed by atoms with Crippen LogP contribution < -0.4 is 4.90 Å². The van der Waals surface area contributed by atoms with Crippen molar-refractivity contribution in [2.75, 3.05) is 37.3 Å². The summed E-state index contributed by atoms with van der Waals surface area (Å²) in [5.74, 6) is 0. The lowest BCUT2D eigenvalue weighted by Gasteiger charge is -2.34. The SMILES string of the molecule is CS(=O)(=O)N1CCN(c2ccc(-n3cccc3)cc2)CC1. The Morgan fingerprint density at radius 3 is 1.90 bits per heavy atom. The number of benzene rings is 1. The third-order valence-electron chi connectivity index (χ3n) is 3.83. The summed E-state index contributed by atoms with van der Waals surface area (Å²) >= 11 is 0. The molecule has 0 aliphatic carbocycles. The molecule has 5 nitrogen and oxygen atoms in total. The predicted molar refractivity (Wildman–Crippen MR) is 84.4 cm³/mol. The van der Waals surface area contributed by atoms with Crippen molar-refractivity contribution < 1.29 is 8.42 Å². The van der Waals surface area contributed by atoms with Crippen molar-refractivity contribution in [1.29, 1.82) is 0 Å². The van der Waals surface area contributed by atoms with E-state index >= 15 is 0 Å². The molecule has 1 aromatic carbocycles. The average Bonchev–Trinajstić information content (AvgIpc) is 3.01. The minimum absolute atomic E-state index is 0.554. The van der Waals surface area contributed by atoms with Gasteiger partial charge in [-0.15, -0.1) is 0 Å². The van der Waals surface area contributed by atoms with Gasteiger partial charge in [-0.2, -0.15) is 4.31 Å². The Hall–Kier alpha value is -1.79. The Labute approximate surface area is 125 Å². The van der Waals surface area contributed by atoms with Crippen molar-refractivity contribution >= 4 is 15.7 Å². The van der Waals surface area contributed by atoms with Gasteiger partial charge in [0.25, 0.3) is 0 Å². The zero-order valence-electron chi connectivity index (χ0n) is 12.0. The van der Waals surface area contributed by atoms with Gasteiger partial charge in [-0.1, -0.05) is 0 Å². The summed E-state index contributed by atoms with van der Waals surface area (Å²) < 4.78 is 26.6. The Morgan fingerprint density at radius 1 is 0.857 bits per heavy atom. The maximum atomic E-state index is 11.5. The lowest BCUT2D eigenvalue weighted by molar-refractivity contribution is 0.388. The highest BCUT2D eigenvalue weighted by Gasteiger charge is 2.23. The van der Waals surface area contributed by atoms with Crippen molar-refractivity contribution in [2.24, 2.45) is 0 Å². The van der Waals surface area contributed by atoms with Crippen LogP contribution in [0, 0.1) is 0 Å². The molecule has 0 N–H and O–H groups in total. The second-order valence-electron chi connectivity index (χ2n) is 5.26. The van der Waals surface area contributed by atoms with E-state index < -0.39 is 10.0 Å². The summed E-state index contributed by atoms with van der Waals surface area (Å²) in [5.41, 5.74) is 2.26. The molecule has 1 saturated heterocycles. The summed E-state index contributed by atoms with van der Waals surface area (Å²) in [7, 11) is -3.06. The van der Waals surface area contributed by atoms with E-state index in [0.29, 0.717) is 13.1 Å². The van der Waals surface area contributed by atoms with Gasteiger partial charge in [0.1, 0.15) is 0 Å². The van der Waals surface area contributed by atoms with E-state index in [4.69, 9.17) is 0 Å². The summed E-state index contributed by atoms with van der Waals surface area (Å²) in [6.07, 6.45) is 5.30. The van der Waals surface area contributed by atoms with E-state index in [0.717, 1.165) is 24.5 Å². The van der Waals surface area contributed by atoms with Crippen LogP contribution in [0.25, 0.3) is 5.69 Å². The normalized spacial score (nSPS) is 17.1. The number of hydrogen-bond acceptors (Lipinski definition) is 3. The van der Waals surface area contributed by atoms with E-state index in [1.807, 2.05) is 24.5 Å². The first-order valence-electron chi connectivity index (χ1n) is 6.97. The molecular weight excluding hydrogens is 286 g/mol. The molecule has 0 saturated carbocycles. The fraction of sp³-hybridized carbons (Fsp3) is 0.333. The average molecular weight is 305 g/mol. The molecule has 0 atom stereocenters. The highest BCUT2D eigenvalue weighted by atomic mass is 32.2. The standard InChI is InChI=1S/C15H19N3O2S/c1-21(19,20)18-12-10-17(11-13-18)15-6-4-14(5-7-15)16-8-2-3-9-16/h2-9H,10-13H2,1H3. The van der Waals surface area contributed by atoms with Crippen LogP contribution in [0.3, 0.4) is 0 Å². The second kappa shape index (κ2) is 5.54. The van der Waals surface area contributed by atoms with Crippen LogP contribution in [0.5, 0.6) is 0 Å². The van der Waals surface area contributed by atoms with Crippen molar-refractivity contribution in [3.05, 3.63) is 48.8 Å². The summed E-state index contributed by atoms with van der Waals surface area (Å²) in [5, 5.41) is 0. The number of rotatable bonds is 3. The van der Waals surface area contributed by atoms with Crippen LogP contribution in [-0.4, -0.2) is 49.7 Å². The summed E-state index contributed by atoms with van der Waals surface area (Å²) in [6.45, 7) is 2.57. The van der Waals surface area contributed by atoms with Gasteiger partial charge < -0.3 is 9.47 Å². The Bertz CT molecular complexity index is 685. The quantitative estimate of drug-likeness (QED) is 0.864. The minimum atomic E-state index is -3.06. The maximum Gasteiger partial charge on any atom is 0.211 e. The van der Waals surface area contributed by atoms with Gasteiger partial charge in [-0.25, -0.2) is 8.42 Å². The van der Waals surface area contributed by atoms with Crippen LogP contribution in [-0.2, 0) is 10.0 Å². The van der Waals surface area contributed by atoms with E-state index in [9.17, 15) is 8.42 Å². The first kappa shape index (κ1) is 14.2. The van der Waals surface area contributed by atoms with E-state index in [-0.39, 0.29) is 0 Å². The molecule has 2 aromatic rings. The minimum Gasteiger partial charge on any atom is -0.369 e. The second-order valence-corrected chi connectivity index (χ2v) is 7.24. The third-order valence-corrected chi connectivity index (χ3v) is 5.13. The van der Waals surface area contributed by atoms with Gasteiger partial charge in [0.15, 0.2) is 0 Å². The largest absolute Gasteiger partial charge is 0.369 e. The van der Waals surface area contributed by atoms with Crippen LogP contribution in [0.4, 0.5) is 5.69 Å². The van der Waals surface area contributed by atoms with Gasteiger partial charge in [-0.05, 0) is 36.4 Å². The molecule has 0 radical (unpaired) electrons. The van der Waals surface area contributed by atoms with Gasteiger partial charge in [0, 0.05) is 49.9 Å². The highest BCUT2D eigenvalue weighted by molar-refractivity contribution is 7.88. The van der Waals surface area contributed by atoms with E-state index in [2.05, 4.69) is 33.7 Å². The van der Waals surface area contributed by atoms with Gasteiger partial charge >= 0.3 is 0 Å². The number of anilines is 1. The first-order valence-corrected chi connectivity index (χ1v) is 8.82.